The van der Waals surface area contributed by atoms with Crippen molar-refractivity contribution in [2.75, 3.05) is 13.7 Å². The van der Waals surface area contributed by atoms with Gasteiger partial charge in [0.2, 0.25) is 11.7 Å². The molecule has 102 valence electrons. The summed E-state index contributed by atoms with van der Waals surface area (Å²) in [4.78, 5) is 4.56. The summed E-state index contributed by atoms with van der Waals surface area (Å²) >= 11 is 0. The van der Waals surface area contributed by atoms with Gasteiger partial charge in [0.25, 0.3) is 0 Å². The average molecular weight is 253 g/mol. The minimum absolute atomic E-state index is 0.121. The summed E-state index contributed by atoms with van der Waals surface area (Å²) in [7, 11) is 1.66. The normalized spacial score (nSPS) is 24.7. The lowest BCUT2D eigenvalue weighted by Crippen LogP contribution is -2.37. The second-order valence-corrected chi connectivity index (χ2v) is 5.50. The summed E-state index contributed by atoms with van der Waals surface area (Å²) in [6.45, 7) is 7.08. The van der Waals surface area contributed by atoms with Crippen molar-refractivity contribution >= 4 is 0 Å². The van der Waals surface area contributed by atoms with Crippen molar-refractivity contribution in [1.82, 2.24) is 15.5 Å². The Morgan fingerprint density at radius 1 is 1.50 bits per heavy atom. The van der Waals surface area contributed by atoms with E-state index in [1.54, 1.807) is 7.11 Å². The number of rotatable bonds is 5. The highest BCUT2D eigenvalue weighted by atomic mass is 16.5. The fourth-order valence-corrected chi connectivity index (χ4v) is 2.49. The van der Waals surface area contributed by atoms with Crippen molar-refractivity contribution in [2.45, 2.75) is 57.6 Å². The zero-order chi connectivity index (χ0) is 13.2. The highest BCUT2D eigenvalue weighted by Crippen LogP contribution is 2.35. The second kappa shape index (κ2) is 4.97. The molecule has 0 amide bonds. The average Bonchev–Trinajstić information content (AvgIpc) is 2.98. The van der Waals surface area contributed by atoms with Gasteiger partial charge in [0, 0.05) is 7.11 Å². The molecule has 0 spiro atoms. The van der Waals surface area contributed by atoms with E-state index < -0.39 is 5.60 Å². The Morgan fingerprint density at radius 2 is 2.28 bits per heavy atom. The molecule has 2 heterocycles. The van der Waals surface area contributed by atoms with Crippen molar-refractivity contribution in [3.05, 3.63) is 11.7 Å². The molecule has 1 fully saturated rings. The summed E-state index contributed by atoms with van der Waals surface area (Å²) in [5, 5.41) is 7.61. The van der Waals surface area contributed by atoms with Crippen LogP contribution < -0.4 is 5.32 Å². The van der Waals surface area contributed by atoms with Gasteiger partial charge in [-0.2, -0.15) is 4.98 Å². The Balaban J connectivity index is 2.28. The van der Waals surface area contributed by atoms with E-state index in [4.69, 9.17) is 9.26 Å². The smallest absolute Gasteiger partial charge is 0.247 e. The zero-order valence-electron chi connectivity index (χ0n) is 11.7. The van der Waals surface area contributed by atoms with Gasteiger partial charge in [-0.15, -0.1) is 0 Å². The standard InChI is InChI=1S/C13H23N3O2/c1-5-7-13(8-6-9-14-13)11-15-10(16-18-11)12(2,3)17-4/h14H,5-9H2,1-4H3. The summed E-state index contributed by atoms with van der Waals surface area (Å²) < 4.78 is 10.9. The van der Waals surface area contributed by atoms with E-state index in [2.05, 4.69) is 22.4 Å². The first-order chi connectivity index (χ1) is 8.54. The Kier molecular flexibility index (Phi) is 3.73. The third-order valence-electron chi connectivity index (χ3n) is 3.80. The monoisotopic (exact) mass is 253 g/mol. The van der Waals surface area contributed by atoms with Crippen LogP contribution in [-0.4, -0.2) is 23.8 Å². The molecule has 1 aromatic rings. The minimum atomic E-state index is -0.506. The van der Waals surface area contributed by atoms with Gasteiger partial charge in [-0.25, -0.2) is 0 Å². The molecule has 0 bridgehead atoms. The molecular formula is C13H23N3O2. The van der Waals surface area contributed by atoms with E-state index in [0.717, 1.165) is 32.2 Å². The van der Waals surface area contributed by atoms with Gasteiger partial charge in [-0.05, 0) is 39.7 Å². The molecule has 1 N–H and O–H groups in total. The molecule has 18 heavy (non-hydrogen) atoms. The fraction of sp³-hybridized carbons (Fsp3) is 0.846. The summed E-state index contributed by atoms with van der Waals surface area (Å²) in [6.07, 6.45) is 4.35. The van der Waals surface area contributed by atoms with E-state index in [1.165, 1.54) is 0 Å². The lowest BCUT2D eigenvalue weighted by Gasteiger charge is -2.24. The van der Waals surface area contributed by atoms with E-state index >= 15 is 0 Å². The molecule has 0 aromatic carbocycles. The van der Waals surface area contributed by atoms with Crippen LogP contribution >= 0.6 is 0 Å². The van der Waals surface area contributed by atoms with Crippen LogP contribution in [0.1, 0.15) is 58.2 Å². The first kappa shape index (κ1) is 13.5. The third kappa shape index (κ3) is 2.29. The van der Waals surface area contributed by atoms with Crippen LogP contribution in [0.3, 0.4) is 0 Å². The Labute approximate surface area is 108 Å². The Bertz CT molecular complexity index is 395. The number of ether oxygens (including phenoxy) is 1. The van der Waals surface area contributed by atoms with Crippen LogP contribution in [-0.2, 0) is 15.9 Å². The quantitative estimate of drug-likeness (QED) is 0.872. The number of hydrogen-bond donors (Lipinski definition) is 1. The highest BCUT2D eigenvalue weighted by molar-refractivity contribution is 5.09. The Hall–Kier alpha value is -0.940. The molecule has 1 aromatic heterocycles. The van der Waals surface area contributed by atoms with Crippen molar-refractivity contribution < 1.29 is 9.26 Å². The van der Waals surface area contributed by atoms with Crippen LogP contribution in [0, 0.1) is 0 Å². The molecule has 0 saturated carbocycles. The highest BCUT2D eigenvalue weighted by Gasteiger charge is 2.41. The molecule has 1 aliphatic heterocycles. The van der Waals surface area contributed by atoms with Crippen LogP contribution in [0.15, 0.2) is 4.52 Å². The maximum absolute atomic E-state index is 5.49. The molecule has 1 aliphatic rings. The van der Waals surface area contributed by atoms with E-state index in [0.29, 0.717) is 11.7 Å². The number of methoxy groups -OCH3 is 1. The van der Waals surface area contributed by atoms with Gasteiger partial charge in [-0.1, -0.05) is 18.5 Å². The van der Waals surface area contributed by atoms with Gasteiger partial charge in [0.1, 0.15) is 5.60 Å². The molecule has 1 atom stereocenters. The van der Waals surface area contributed by atoms with Crippen molar-refractivity contribution in [1.29, 1.82) is 0 Å². The molecule has 5 nitrogen and oxygen atoms in total. The maximum Gasteiger partial charge on any atom is 0.247 e. The van der Waals surface area contributed by atoms with Crippen molar-refractivity contribution in [2.24, 2.45) is 0 Å². The largest absolute Gasteiger partial charge is 0.371 e. The van der Waals surface area contributed by atoms with E-state index in [9.17, 15) is 0 Å². The predicted octanol–water partition coefficient (Wildman–Crippen LogP) is 2.33. The van der Waals surface area contributed by atoms with Gasteiger partial charge >= 0.3 is 0 Å². The summed E-state index contributed by atoms with van der Waals surface area (Å²) in [5.41, 5.74) is -0.627. The van der Waals surface area contributed by atoms with Gasteiger partial charge in [-0.3, -0.25) is 0 Å². The minimum Gasteiger partial charge on any atom is -0.371 e. The number of hydrogen-bond acceptors (Lipinski definition) is 5. The summed E-state index contributed by atoms with van der Waals surface area (Å²) in [6, 6.07) is 0. The lowest BCUT2D eigenvalue weighted by atomic mass is 9.92. The zero-order valence-corrected chi connectivity index (χ0v) is 11.7. The second-order valence-electron chi connectivity index (χ2n) is 5.50. The van der Waals surface area contributed by atoms with Crippen LogP contribution in [0.2, 0.25) is 0 Å². The van der Waals surface area contributed by atoms with E-state index in [-0.39, 0.29) is 5.54 Å². The molecular weight excluding hydrogens is 230 g/mol. The first-order valence-electron chi connectivity index (χ1n) is 6.69. The molecule has 1 unspecified atom stereocenters. The lowest BCUT2D eigenvalue weighted by molar-refractivity contribution is 0.00973. The molecule has 0 radical (unpaired) electrons. The van der Waals surface area contributed by atoms with Crippen molar-refractivity contribution in [3.8, 4) is 0 Å². The SMILES string of the molecule is CCCC1(c2nc(C(C)(C)OC)no2)CCCN1. The van der Waals surface area contributed by atoms with Crippen molar-refractivity contribution in [3.63, 3.8) is 0 Å². The molecule has 0 aliphatic carbocycles. The van der Waals surface area contributed by atoms with Gasteiger partial charge in [0.15, 0.2) is 0 Å². The predicted molar refractivity (Wildman–Crippen MR) is 68.2 cm³/mol. The van der Waals surface area contributed by atoms with Crippen LogP contribution in [0.5, 0.6) is 0 Å². The molecule has 2 rings (SSSR count). The third-order valence-corrected chi connectivity index (χ3v) is 3.80. The maximum atomic E-state index is 5.49. The van der Waals surface area contributed by atoms with Crippen LogP contribution in [0.4, 0.5) is 0 Å². The first-order valence-corrected chi connectivity index (χ1v) is 6.69. The molecule has 5 heteroatoms. The Morgan fingerprint density at radius 3 is 2.83 bits per heavy atom. The number of nitrogens with one attached hydrogen (secondary N) is 1. The summed E-state index contributed by atoms with van der Waals surface area (Å²) in [5.74, 6) is 1.33. The number of aromatic nitrogens is 2. The van der Waals surface area contributed by atoms with Crippen LogP contribution in [0.25, 0.3) is 0 Å². The van der Waals surface area contributed by atoms with E-state index in [1.807, 2.05) is 13.8 Å². The molecule has 1 saturated heterocycles. The van der Waals surface area contributed by atoms with Gasteiger partial charge < -0.3 is 14.6 Å². The fourth-order valence-electron chi connectivity index (χ4n) is 2.49. The van der Waals surface area contributed by atoms with Gasteiger partial charge in [0.05, 0.1) is 5.54 Å². The topological polar surface area (TPSA) is 60.2 Å². The number of nitrogens with zero attached hydrogens (tertiary/aromatic N) is 2.